The molecule has 156 valence electrons. The number of aliphatic carboxylic acids is 1. The zero-order valence-corrected chi connectivity index (χ0v) is 17.2. The normalized spacial score (nSPS) is 18.4. The van der Waals surface area contributed by atoms with Gasteiger partial charge < -0.3 is 20.1 Å². The second kappa shape index (κ2) is 10.9. The molecule has 2 amide bonds. The van der Waals surface area contributed by atoms with E-state index in [-0.39, 0.29) is 24.7 Å². The molecular formula is C21H33N3O4. The predicted molar refractivity (Wildman–Crippen MR) is 109 cm³/mol. The second-order valence-electron chi connectivity index (χ2n) is 7.48. The standard InChI is InChI=1S/C21H33N3O4/c1-4-18(28-19-10-6-5-8-16(19)2)14-22-21(27)24-12-7-9-17(11-13-24)23(3)15-20(25)26/h5-6,8,10,17-18H,4,7,9,11-15H2,1-3H3,(H,22,27)(H,25,26). The Balaban J connectivity index is 1.81. The maximum atomic E-state index is 12.6. The van der Waals surface area contributed by atoms with Crippen LogP contribution in [0.25, 0.3) is 0 Å². The molecule has 1 saturated heterocycles. The van der Waals surface area contributed by atoms with Gasteiger partial charge in [0.1, 0.15) is 11.9 Å². The van der Waals surface area contributed by atoms with Gasteiger partial charge >= 0.3 is 12.0 Å². The number of amides is 2. The minimum absolute atomic E-state index is 0.0330. The monoisotopic (exact) mass is 391 g/mol. The van der Waals surface area contributed by atoms with Gasteiger partial charge in [0, 0.05) is 19.1 Å². The minimum Gasteiger partial charge on any atom is -0.488 e. The first-order valence-corrected chi connectivity index (χ1v) is 10.1. The number of nitrogens with zero attached hydrogens (tertiary/aromatic N) is 2. The van der Waals surface area contributed by atoms with Gasteiger partial charge in [-0.25, -0.2) is 4.79 Å². The van der Waals surface area contributed by atoms with Gasteiger partial charge in [-0.3, -0.25) is 9.69 Å². The summed E-state index contributed by atoms with van der Waals surface area (Å²) >= 11 is 0. The summed E-state index contributed by atoms with van der Waals surface area (Å²) in [5, 5.41) is 12.0. The Kier molecular flexibility index (Phi) is 8.57. The zero-order chi connectivity index (χ0) is 20.5. The summed E-state index contributed by atoms with van der Waals surface area (Å²) in [6.45, 7) is 5.88. The van der Waals surface area contributed by atoms with E-state index in [0.717, 1.165) is 37.0 Å². The Bertz CT molecular complexity index is 652. The van der Waals surface area contributed by atoms with Crippen LogP contribution in [0.4, 0.5) is 4.79 Å². The maximum Gasteiger partial charge on any atom is 0.317 e. The van der Waals surface area contributed by atoms with Crippen molar-refractivity contribution in [2.75, 3.05) is 33.2 Å². The Morgan fingerprint density at radius 1 is 1.32 bits per heavy atom. The lowest BCUT2D eigenvalue weighted by Gasteiger charge is -2.26. The topological polar surface area (TPSA) is 82.1 Å². The third-order valence-electron chi connectivity index (χ3n) is 5.32. The number of hydrogen-bond donors (Lipinski definition) is 2. The van der Waals surface area contributed by atoms with E-state index in [0.29, 0.717) is 19.6 Å². The molecule has 1 aliphatic rings. The fourth-order valence-corrected chi connectivity index (χ4v) is 3.52. The molecule has 0 aromatic heterocycles. The number of carbonyl (C=O) groups is 2. The smallest absolute Gasteiger partial charge is 0.317 e. The number of ether oxygens (including phenoxy) is 1. The van der Waals surface area contributed by atoms with Crippen LogP contribution in [-0.2, 0) is 4.79 Å². The van der Waals surface area contributed by atoms with Gasteiger partial charge in [-0.1, -0.05) is 25.1 Å². The molecule has 1 aromatic rings. The molecule has 2 unspecified atom stereocenters. The summed E-state index contributed by atoms with van der Waals surface area (Å²) < 4.78 is 6.05. The van der Waals surface area contributed by atoms with Crippen LogP contribution in [0, 0.1) is 6.92 Å². The molecular weight excluding hydrogens is 358 g/mol. The lowest BCUT2D eigenvalue weighted by molar-refractivity contribution is -0.138. The van der Waals surface area contributed by atoms with E-state index in [4.69, 9.17) is 9.84 Å². The van der Waals surface area contributed by atoms with Crippen molar-refractivity contribution < 1.29 is 19.4 Å². The number of urea groups is 1. The van der Waals surface area contributed by atoms with Gasteiger partial charge in [0.2, 0.25) is 0 Å². The molecule has 0 aliphatic carbocycles. The first kappa shape index (κ1) is 22.0. The highest BCUT2D eigenvalue weighted by molar-refractivity contribution is 5.74. The summed E-state index contributed by atoms with van der Waals surface area (Å²) in [5.41, 5.74) is 1.08. The fourth-order valence-electron chi connectivity index (χ4n) is 3.52. The van der Waals surface area contributed by atoms with E-state index in [9.17, 15) is 9.59 Å². The van der Waals surface area contributed by atoms with Crippen molar-refractivity contribution in [2.45, 2.75) is 51.7 Å². The molecule has 2 N–H and O–H groups in total. The molecule has 0 spiro atoms. The molecule has 2 rings (SSSR count). The molecule has 28 heavy (non-hydrogen) atoms. The van der Waals surface area contributed by atoms with Gasteiger partial charge in [-0.05, 0) is 51.3 Å². The summed E-state index contributed by atoms with van der Waals surface area (Å²) in [5.74, 6) is 0.0308. The second-order valence-corrected chi connectivity index (χ2v) is 7.48. The summed E-state index contributed by atoms with van der Waals surface area (Å²) in [6.07, 6.45) is 3.29. The SMILES string of the molecule is CCC(CNC(=O)N1CCCC(N(C)CC(=O)O)CC1)Oc1ccccc1C. The number of likely N-dealkylation sites (tertiary alicyclic amines) is 1. The fraction of sp³-hybridized carbons (Fsp3) is 0.619. The van der Waals surface area contributed by atoms with Crippen molar-refractivity contribution >= 4 is 12.0 Å². The van der Waals surface area contributed by atoms with E-state index in [1.54, 1.807) is 0 Å². The summed E-state index contributed by atoms with van der Waals surface area (Å²) in [4.78, 5) is 27.2. The summed E-state index contributed by atoms with van der Waals surface area (Å²) in [7, 11) is 1.84. The van der Waals surface area contributed by atoms with Crippen LogP contribution in [0.1, 0.15) is 38.2 Å². The summed E-state index contributed by atoms with van der Waals surface area (Å²) in [6, 6.07) is 8.00. The van der Waals surface area contributed by atoms with E-state index in [1.165, 1.54) is 0 Å². The van der Waals surface area contributed by atoms with Gasteiger partial charge in [-0.15, -0.1) is 0 Å². The highest BCUT2D eigenvalue weighted by Crippen LogP contribution is 2.19. The minimum atomic E-state index is -0.819. The van der Waals surface area contributed by atoms with Crippen molar-refractivity contribution in [3.8, 4) is 5.75 Å². The van der Waals surface area contributed by atoms with E-state index in [1.807, 2.05) is 55.0 Å². The Morgan fingerprint density at radius 3 is 2.75 bits per heavy atom. The van der Waals surface area contributed by atoms with Crippen LogP contribution >= 0.6 is 0 Å². The van der Waals surface area contributed by atoms with E-state index in [2.05, 4.69) is 5.32 Å². The van der Waals surface area contributed by atoms with Gasteiger partial charge in [-0.2, -0.15) is 0 Å². The van der Waals surface area contributed by atoms with Crippen molar-refractivity contribution in [2.24, 2.45) is 0 Å². The number of carboxylic acids is 1. The Labute approximate surface area is 167 Å². The van der Waals surface area contributed by atoms with Crippen molar-refractivity contribution in [1.82, 2.24) is 15.1 Å². The molecule has 0 bridgehead atoms. The quantitative estimate of drug-likeness (QED) is 0.712. The third kappa shape index (κ3) is 6.71. The molecule has 7 nitrogen and oxygen atoms in total. The molecule has 1 fully saturated rings. The Hall–Kier alpha value is -2.28. The molecule has 1 aromatic carbocycles. The van der Waals surface area contributed by atoms with Crippen molar-refractivity contribution in [1.29, 1.82) is 0 Å². The lowest BCUT2D eigenvalue weighted by Crippen LogP contribution is -2.44. The number of likely N-dealkylation sites (N-methyl/N-ethyl adjacent to an activating group) is 1. The average Bonchev–Trinajstić information content (AvgIpc) is 2.92. The predicted octanol–water partition coefficient (Wildman–Crippen LogP) is 2.73. The number of carboxylic acid groups (broad SMARTS) is 1. The van der Waals surface area contributed by atoms with E-state index < -0.39 is 5.97 Å². The van der Waals surface area contributed by atoms with E-state index >= 15 is 0 Å². The number of nitrogens with one attached hydrogen (secondary N) is 1. The number of carbonyl (C=O) groups excluding carboxylic acids is 1. The molecule has 1 aliphatic heterocycles. The number of para-hydroxylation sites is 1. The van der Waals surface area contributed by atoms with Crippen molar-refractivity contribution in [3.63, 3.8) is 0 Å². The number of benzene rings is 1. The van der Waals surface area contributed by atoms with Gasteiger partial charge in [0.25, 0.3) is 0 Å². The van der Waals surface area contributed by atoms with Crippen LogP contribution in [0.15, 0.2) is 24.3 Å². The maximum absolute atomic E-state index is 12.6. The first-order valence-electron chi connectivity index (χ1n) is 10.1. The zero-order valence-electron chi connectivity index (χ0n) is 17.2. The first-order chi connectivity index (χ1) is 13.4. The largest absolute Gasteiger partial charge is 0.488 e. The third-order valence-corrected chi connectivity index (χ3v) is 5.32. The van der Waals surface area contributed by atoms with Gasteiger partial charge in [0.15, 0.2) is 0 Å². The molecule has 2 atom stereocenters. The number of hydrogen-bond acceptors (Lipinski definition) is 4. The molecule has 1 heterocycles. The van der Waals surface area contributed by atoms with Crippen LogP contribution in [0.2, 0.25) is 0 Å². The van der Waals surface area contributed by atoms with Gasteiger partial charge in [0.05, 0.1) is 13.1 Å². The number of aryl methyl sites for hydroxylation is 1. The van der Waals surface area contributed by atoms with Crippen LogP contribution in [-0.4, -0.2) is 72.3 Å². The van der Waals surface area contributed by atoms with Crippen LogP contribution < -0.4 is 10.1 Å². The average molecular weight is 392 g/mol. The van der Waals surface area contributed by atoms with Crippen LogP contribution in [0.3, 0.4) is 0 Å². The number of rotatable bonds is 8. The highest BCUT2D eigenvalue weighted by Gasteiger charge is 2.24. The lowest BCUT2D eigenvalue weighted by atomic mass is 10.1. The highest BCUT2D eigenvalue weighted by atomic mass is 16.5. The molecule has 7 heteroatoms. The Morgan fingerprint density at radius 2 is 2.07 bits per heavy atom. The molecule has 0 saturated carbocycles. The van der Waals surface area contributed by atoms with Crippen molar-refractivity contribution in [3.05, 3.63) is 29.8 Å². The van der Waals surface area contributed by atoms with Crippen LogP contribution in [0.5, 0.6) is 5.75 Å². The molecule has 0 radical (unpaired) electrons.